The van der Waals surface area contributed by atoms with Crippen molar-refractivity contribution in [3.8, 4) is 0 Å². The molecule has 0 unspecified atom stereocenters. The van der Waals surface area contributed by atoms with Crippen molar-refractivity contribution in [2.75, 3.05) is 33.1 Å². The van der Waals surface area contributed by atoms with E-state index in [-0.39, 0.29) is 6.66 Å². The van der Waals surface area contributed by atoms with E-state index in [1.54, 1.807) is 0 Å². The van der Waals surface area contributed by atoms with Crippen LogP contribution in [0.4, 0.5) is 52.7 Å². The first-order valence-electron chi connectivity index (χ1n) is 6.01. The fourth-order valence-corrected chi connectivity index (χ4v) is 3.27. The number of halogens is 12. The topological polar surface area (TPSA) is 36.9 Å². The Kier molecular flexibility index (Phi) is 7.64. The molecule has 4 nitrogen and oxygen atoms in total. The second-order valence-corrected chi connectivity index (χ2v) is 8.12. The van der Waals surface area contributed by atoms with Gasteiger partial charge in [-0.15, -0.1) is 0 Å². The normalized spacial score (nSPS) is 16.4. The third kappa shape index (κ3) is 11.9. The van der Waals surface area contributed by atoms with Crippen molar-refractivity contribution in [2.24, 2.45) is 0 Å². The molecule has 0 rings (SSSR count). The van der Waals surface area contributed by atoms with Gasteiger partial charge in [0, 0.05) is 0 Å². The van der Waals surface area contributed by atoms with Crippen LogP contribution in [-0.4, -0.2) is 57.8 Å². The molecule has 0 aromatic carbocycles. The Bertz CT molecular complexity index is 370. The molecular formula is C9H11F12O4P. The first kappa shape index (κ1) is 25.4. The summed E-state index contributed by atoms with van der Waals surface area (Å²) in [6.45, 7) is -10.4. The van der Waals surface area contributed by atoms with Crippen LogP contribution in [0.25, 0.3) is 0 Å². The molecule has 0 aromatic heterocycles. The summed E-state index contributed by atoms with van der Waals surface area (Å²) in [5.74, 6) is 0. The van der Waals surface area contributed by atoms with Crippen molar-refractivity contribution in [1.29, 1.82) is 0 Å². The van der Waals surface area contributed by atoms with Crippen LogP contribution in [0.5, 0.6) is 0 Å². The zero-order valence-corrected chi connectivity index (χ0v) is 13.3. The fraction of sp³-hybridized carbons (Fsp3) is 1.00. The average Bonchev–Trinajstić information content (AvgIpc) is 2.37. The van der Waals surface area contributed by atoms with Gasteiger partial charge in [0.25, 0.3) is 0 Å². The van der Waals surface area contributed by atoms with Crippen LogP contribution in [0.15, 0.2) is 0 Å². The maximum absolute atomic E-state index is 12.2. The standard InChI is InChI=1S/C9H11F12O4P/c1-26(22-2-6(10,11)12,23-3-7(13,14)15,24-4-8(16,17)18)25-5-9(19,20)21/h2-5H2,1H3. The molecule has 0 aliphatic carbocycles. The van der Waals surface area contributed by atoms with Crippen LogP contribution in [0.1, 0.15) is 0 Å². The van der Waals surface area contributed by atoms with Gasteiger partial charge in [-0.05, 0) is 0 Å². The number of alkyl halides is 12. The minimum atomic E-state index is -6.61. The third-order valence-electron chi connectivity index (χ3n) is 2.06. The van der Waals surface area contributed by atoms with Gasteiger partial charge < -0.3 is 0 Å². The van der Waals surface area contributed by atoms with E-state index in [4.69, 9.17) is 0 Å². The predicted molar refractivity (Wildman–Crippen MR) is 60.9 cm³/mol. The Labute approximate surface area is 137 Å². The van der Waals surface area contributed by atoms with Gasteiger partial charge in [-0.3, -0.25) is 0 Å². The Morgan fingerprint density at radius 3 is 0.731 bits per heavy atom. The van der Waals surface area contributed by atoms with Gasteiger partial charge in [0.15, 0.2) is 0 Å². The molecule has 0 radical (unpaired) electrons. The Hall–Kier alpha value is -0.570. The predicted octanol–water partition coefficient (Wildman–Crippen LogP) is 5.15. The molecule has 0 aliphatic heterocycles. The van der Waals surface area contributed by atoms with Crippen LogP contribution in [0, 0.1) is 0 Å². The molecule has 26 heavy (non-hydrogen) atoms. The van der Waals surface area contributed by atoms with Gasteiger partial charge in [0.2, 0.25) is 0 Å². The van der Waals surface area contributed by atoms with Crippen LogP contribution in [0.3, 0.4) is 0 Å². The van der Waals surface area contributed by atoms with Gasteiger partial charge in [-0.2, -0.15) is 0 Å². The molecule has 0 bridgehead atoms. The fourth-order valence-electron chi connectivity index (χ4n) is 1.09. The zero-order valence-electron chi connectivity index (χ0n) is 12.4. The third-order valence-corrected chi connectivity index (χ3v) is 4.88. The van der Waals surface area contributed by atoms with Gasteiger partial charge >= 0.3 is 136 Å². The molecule has 0 heterocycles. The van der Waals surface area contributed by atoms with E-state index in [2.05, 4.69) is 18.1 Å². The van der Waals surface area contributed by atoms with Crippen LogP contribution >= 0.6 is 7.51 Å². The molecule has 17 heteroatoms. The van der Waals surface area contributed by atoms with Gasteiger partial charge in [0.05, 0.1) is 0 Å². The van der Waals surface area contributed by atoms with E-state index >= 15 is 0 Å². The summed E-state index contributed by atoms with van der Waals surface area (Å²) in [6, 6.07) is 0. The van der Waals surface area contributed by atoms with Gasteiger partial charge in [0.1, 0.15) is 0 Å². The van der Waals surface area contributed by atoms with Crippen LogP contribution < -0.4 is 0 Å². The molecule has 0 fully saturated rings. The number of hydrogen-bond acceptors (Lipinski definition) is 4. The van der Waals surface area contributed by atoms with Crippen molar-refractivity contribution in [3.63, 3.8) is 0 Å². The van der Waals surface area contributed by atoms with Crippen molar-refractivity contribution in [2.45, 2.75) is 24.7 Å². The molecule has 0 saturated carbocycles. The van der Waals surface area contributed by atoms with E-state index in [0.29, 0.717) is 0 Å². The first-order valence-corrected chi connectivity index (χ1v) is 8.37. The van der Waals surface area contributed by atoms with Crippen molar-refractivity contribution in [3.05, 3.63) is 0 Å². The quantitative estimate of drug-likeness (QED) is 0.385. The summed E-state index contributed by atoms with van der Waals surface area (Å²) in [6.07, 6.45) is -21.4. The molecule has 0 aromatic rings. The van der Waals surface area contributed by atoms with E-state index in [1.165, 1.54) is 0 Å². The minimum absolute atomic E-state index is 0.0828. The van der Waals surface area contributed by atoms with Crippen LogP contribution in [-0.2, 0) is 18.1 Å². The average molecular weight is 442 g/mol. The molecule has 0 spiro atoms. The van der Waals surface area contributed by atoms with Gasteiger partial charge in [-0.25, -0.2) is 0 Å². The summed E-state index contributed by atoms with van der Waals surface area (Å²) in [5, 5.41) is 0. The van der Waals surface area contributed by atoms with E-state index in [1.807, 2.05) is 0 Å². The van der Waals surface area contributed by atoms with Crippen molar-refractivity contribution < 1.29 is 70.8 Å². The van der Waals surface area contributed by atoms with Crippen molar-refractivity contribution in [1.82, 2.24) is 0 Å². The Morgan fingerprint density at radius 2 is 0.615 bits per heavy atom. The second kappa shape index (κ2) is 7.81. The molecule has 160 valence electrons. The Morgan fingerprint density at radius 1 is 0.462 bits per heavy atom. The first-order chi connectivity index (χ1) is 11.1. The molecule has 0 saturated heterocycles. The summed E-state index contributed by atoms with van der Waals surface area (Å²) >= 11 is 0. The molecular weight excluding hydrogens is 431 g/mol. The van der Waals surface area contributed by atoms with E-state index in [0.717, 1.165) is 0 Å². The molecule has 0 amide bonds. The molecule has 0 aliphatic rings. The second-order valence-electron chi connectivity index (χ2n) is 4.73. The number of rotatable bonds is 8. The molecule has 0 N–H and O–H groups in total. The van der Waals surface area contributed by atoms with Crippen LogP contribution in [0.2, 0.25) is 0 Å². The summed E-state index contributed by atoms with van der Waals surface area (Å²) in [5.41, 5.74) is 0. The van der Waals surface area contributed by atoms with Gasteiger partial charge in [-0.1, -0.05) is 0 Å². The SMILES string of the molecule is CP(OCC(F)(F)F)(OCC(F)(F)F)(OCC(F)(F)F)OCC(F)(F)F. The summed E-state index contributed by atoms with van der Waals surface area (Å²) in [7, 11) is -6.61. The summed E-state index contributed by atoms with van der Waals surface area (Å²) in [4.78, 5) is 0. The molecule has 0 atom stereocenters. The number of hydrogen-bond donors (Lipinski definition) is 0. The van der Waals surface area contributed by atoms with E-state index in [9.17, 15) is 52.7 Å². The monoisotopic (exact) mass is 442 g/mol. The zero-order chi connectivity index (χ0) is 21.1. The van der Waals surface area contributed by atoms with E-state index < -0.39 is 58.6 Å². The van der Waals surface area contributed by atoms with Crippen molar-refractivity contribution >= 4 is 7.51 Å². The summed E-state index contributed by atoms with van der Waals surface area (Å²) < 4.78 is 162. The maximum atomic E-state index is 12.2. The Balaban J connectivity index is 5.77.